The predicted molar refractivity (Wildman–Crippen MR) is 105 cm³/mol. The van der Waals surface area contributed by atoms with E-state index in [4.69, 9.17) is 11.6 Å². The Kier molecular flexibility index (Phi) is 5.69. The van der Waals surface area contributed by atoms with Gasteiger partial charge in [0.1, 0.15) is 0 Å². The number of Topliss-reactive ketones (excluding diaryl/α,β-unsaturated/α-hetero) is 1. The van der Waals surface area contributed by atoms with Crippen molar-refractivity contribution >= 4 is 34.1 Å². The second-order valence-electron chi connectivity index (χ2n) is 6.36. The molecule has 0 aliphatic carbocycles. The first-order valence-electron chi connectivity index (χ1n) is 8.53. The number of hydrogen-bond acceptors (Lipinski definition) is 2. The number of benzene rings is 3. The molecule has 0 aromatic heterocycles. The van der Waals surface area contributed by atoms with Crippen molar-refractivity contribution in [2.75, 3.05) is 7.05 Å². The number of ketones is 1. The van der Waals surface area contributed by atoms with Gasteiger partial charge in [-0.15, -0.1) is 0 Å². The van der Waals surface area contributed by atoms with Crippen LogP contribution in [0.25, 0.3) is 10.8 Å². The fourth-order valence-electron chi connectivity index (χ4n) is 2.87. The Morgan fingerprint density at radius 2 is 1.58 bits per heavy atom. The molecule has 3 nitrogen and oxygen atoms in total. The zero-order valence-electron chi connectivity index (χ0n) is 14.6. The Morgan fingerprint density at radius 1 is 0.885 bits per heavy atom. The van der Waals surface area contributed by atoms with E-state index >= 15 is 0 Å². The van der Waals surface area contributed by atoms with Crippen LogP contribution in [0.4, 0.5) is 0 Å². The highest BCUT2D eigenvalue weighted by molar-refractivity contribution is 6.30. The molecule has 132 valence electrons. The van der Waals surface area contributed by atoms with Crippen molar-refractivity contribution in [3.05, 3.63) is 82.9 Å². The normalized spacial score (nSPS) is 10.7. The molecule has 0 saturated heterocycles. The molecule has 0 N–H and O–H groups in total. The molecular formula is C22H20ClNO2. The van der Waals surface area contributed by atoms with Crippen LogP contribution in [0.2, 0.25) is 5.02 Å². The van der Waals surface area contributed by atoms with E-state index in [1.165, 1.54) is 0 Å². The van der Waals surface area contributed by atoms with Crippen LogP contribution in [0.3, 0.4) is 0 Å². The topological polar surface area (TPSA) is 37.4 Å². The van der Waals surface area contributed by atoms with Crippen LogP contribution in [0.15, 0.2) is 66.7 Å². The van der Waals surface area contributed by atoms with Crippen LogP contribution >= 0.6 is 11.6 Å². The summed E-state index contributed by atoms with van der Waals surface area (Å²) in [6.07, 6.45) is 0.415. The standard InChI is InChI=1S/C22H20ClNO2/c1-24(15-16-6-10-20(23)11-7-16)22(26)13-12-21(25)19-9-8-17-4-2-3-5-18(17)14-19/h2-11,14H,12-13,15H2,1H3. The minimum atomic E-state index is -0.0471. The molecule has 0 heterocycles. The fourth-order valence-corrected chi connectivity index (χ4v) is 3.00. The molecular weight excluding hydrogens is 346 g/mol. The van der Waals surface area contributed by atoms with E-state index in [1.54, 1.807) is 24.1 Å². The summed E-state index contributed by atoms with van der Waals surface area (Å²) in [5.74, 6) is -0.0573. The summed E-state index contributed by atoms with van der Waals surface area (Å²) in [6.45, 7) is 0.500. The first-order chi connectivity index (χ1) is 12.5. The average molecular weight is 366 g/mol. The van der Waals surface area contributed by atoms with Gasteiger partial charge in [0.05, 0.1) is 0 Å². The number of rotatable bonds is 6. The van der Waals surface area contributed by atoms with Gasteiger partial charge in [0.2, 0.25) is 5.91 Å². The zero-order chi connectivity index (χ0) is 18.5. The van der Waals surface area contributed by atoms with E-state index in [0.717, 1.165) is 16.3 Å². The summed E-state index contributed by atoms with van der Waals surface area (Å²) in [5, 5.41) is 2.80. The van der Waals surface area contributed by atoms with E-state index in [1.807, 2.05) is 54.6 Å². The maximum Gasteiger partial charge on any atom is 0.223 e. The Bertz CT molecular complexity index is 934. The van der Waals surface area contributed by atoms with E-state index < -0.39 is 0 Å². The fraction of sp³-hybridized carbons (Fsp3) is 0.182. The predicted octanol–water partition coefficient (Wildman–Crippen LogP) is 5.11. The van der Waals surface area contributed by atoms with Crippen LogP contribution in [-0.2, 0) is 11.3 Å². The van der Waals surface area contributed by atoms with E-state index in [0.29, 0.717) is 17.1 Å². The van der Waals surface area contributed by atoms with Gasteiger partial charge in [0, 0.05) is 37.0 Å². The second-order valence-corrected chi connectivity index (χ2v) is 6.80. The molecule has 0 spiro atoms. The summed E-state index contributed by atoms with van der Waals surface area (Å²) in [6, 6.07) is 21.0. The highest BCUT2D eigenvalue weighted by Crippen LogP contribution is 2.17. The summed E-state index contributed by atoms with van der Waals surface area (Å²) >= 11 is 5.87. The number of hydrogen-bond donors (Lipinski definition) is 0. The smallest absolute Gasteiger partial charge is 0.223 e. The van der Waals surface area contributed by atoms with Crippen LogP contribution in [0.1, 0.15) is 28.8 Å². The number of carbonyl (C=O) groups excluding carboxylic acids is 2. The number of halogens is 1. The zero-order valence-corrected chi connectivity index (χ0v) is 15.4. The van der Waals surface area contributed by atoms with Crippen molar-refractivity contribution in [3.63, 3.8) is 0 Å². The van der Waals surface area contributed by atoms with Crippen molar-refractivity contribution < 1.29 is 9.59 Å². The molecule has 0 aliphatic heterocycles. The molecule has 26 heavy (non-hydrogen) atoms. The van der Waals surface area contributed by atoms with Crippen LogP contribution < -0.4 is 0 Å². The molecule has 4 heteroatoms. The minimum Gasteiger partial charge on any atom is -0.341 e. The van der Waals surface area contributed by atoms with Crippen LogP contribution in [-0.4, -0.2) is 23.6 Å². The molecule has 1 amide bonds. The summed E-state index contributed by atoms with van der Waals surface area (Å²) in [4.78, 5) is 26.4. The molecule has 0 saturated carbocycles. The molecule has 0 atom stereocenters. The number of amides is 1. The SMILES string of the molecule is CN(Cc1ccc(Cl)cc1)C(=O)CCC(=O)c1ccc2ccccc2c1. The highest BCUT2D eigenvalue weighted by atomic mass is 35.5. The van der Waals surface area contributed by atoms with E-state index in [9.17, 15) is 9.59 Å². The van der Waals surface area contributed by atoms with Crippen molar-refractivity contribution in [1.82, 2.24) is 4.90 Å². The van der Waals surface area contributed by atoms with Gasteiger partial charge in [-0.05, 0) is 34.5 Å². The van der Waals surface area contributed by atoms with Gasteiger partial charge < -0.3 is 4.90 Å². The molecule has 3 rings (SSSR count). The monoisotopic (exact) mass is 365 g/mol. The first kappa shape index (κ1) is 18.2. The number of carbonyl (C=O) groups is 2. The molecule has 0 bridgehead atoms. The van der Waals surface area contributed by atoms with Crippen LogP contribution in [0, 0.1) is 0 Å². The third kappa shape index (κ3) is 4.50. The maximum atomic E-state index is 12.4. The molecule has 0 unspecified atom stereocenters. The van der Waals surface area contributed by atoms with Crippen molar-refractivity contribution in [3.8, 4) is 0 Å². The summed E-state index contributed by atoms with van der Waals surface area (Å²) < 4.78 is 0. The van der Waals surface area contributed by atoms with Gasteiger partial charge in [-0.1, -0.05) is 60.1 Å². The molecule has 0 fully saturated rings. The summed E-state index contributed by atoms with van der Waals surface area (Å²) in [7, 11) is 1.75. The second kappa shape index (κ2) is 8.15. The molecule has 3 aromatic carbocycles. The minimum absolute atomic E-state index is 0.0102. The Labute approximate surface area is 158 Å². The lowest BCUT2D eigenvalue weighted by Crippen LogP contribution is -2.26. The Balaban J connectivity index is 1.57. The lowest BCUT2D eigenvalue weighted by Gasteiger charge is -2.17. The number of fused-ring (bicyclic) bond motifs is 1. The van der Waals surface area contributed by atoms with Gasteiger partial charge in [0.15, 0.2) is 5.78 Å². The highest BCUT2D eigenvalue weighted by Gasteiger charge is 2.13. The quantitative estimate of drug-likeness (QED) is 0.569. The number of nitrogens with zero attached hydrogens (tertiary/aromatic N) is 1. The van der Waals surface area contributed by atoms with Gasteiger partial charge in [-0.25, -0.2) is 0 Å². The molecule has 0 radical (unpaired) electrons. The third-order valence-corrected chi connectivity index (χ3v) is 4.65. The van der Waals surface area contributed by atoms with Crippen molar-refractivity contribution in [2.24, 2.45) is 0 Å². The average Bonchev–Trinajstić information content (AvgIpc) is 2.67. The van der Waals surface area contributed by atoms with Gasteiger partial charge in [-0.2, -0.15) is 0 Å². The largest absolute Gasteiger partial charge is 0.341 e. The third-order valence-electron chi connectivity index (χ3n) is 4.40. The van der Waals surface area contributed by atoms with E-state index in [-0.39, 0.29) is 24.5 Å². The van der Waals surface area contributed by atoms with Gasteiger partial charge in [-0.3, -0.25) is 9.59 Å². The first-order valence-corrected chi connectivity index (χ1v) is 8.91. The van der Waals surface area contributed by atoms with Gasteiger partial charge >= 0.3 is 0 Å². The Hall–Kier alpha value is -2.65. The van der Waals surface area contributed by atoms with Gasteiger partial charge in [0.25, 0.3) is 0 Å². The summed E-state index contributed by atoms with van der Waals surface area (Å²) in [5.41, 5.74) is 1.66. The maximum absolute atomic E-state index is 12.4. The molecule has 3 aromatic rings. The van der Waals surface area contributed by atoms with Crippen LogP contribution in [0.5, 0.6) is 0 Å². The lowest BCUT2D eigenvalue weighted by molar-refractivity contribution is -0.130. The molecule has 0 aliphatic rings. The van der Waals surface area contributed by atoms with Crippen molar-refractivity contribution in [1.29, 1.82) is 0 Å². The lowest BCUT2D eigenvalue weighted by atomic mass is 10.0. The Morgan fingerprint density at radius 3 is 2.31 bits per heavy atom. The van der Waals surface area contributed by atoms with E-state index in [2.05, 4.69) is 0 Å². The van der Waals surface area contributed by atoms with Crippen molar-refractivity contribution in [2.45, 2.75) is 19.4 Å².